The molecule has 0 radical (unpaired) electrons. The van der Waals surface area contributed by atoms with Crippen LogP contribution in [0.5, 0.6) is 0 Å². The lowest BCUT2D eigenvalue weighted by Gasteiger charge is -2.01. The molecule has 0 amide bonds. The van der Waals surface area contributed by atoms with Gasteiger partial charge in [0.1, 0.15) is 0 Å². The average molecular weight is 168 g/mol. The van der Waals surface area contributed by atoms with Gasteiger partial charge in [-0.3, -0.25) is 0 Å². The molecule has 0 nitrogen and oxygen atoms in total. The van der Waals surface area contributed by atoms with Gasteiger partial charge in [0, 0.05) is 4.90 Å². The van der Waals surface area contributed by atoms with Crippen molar-refractivity contribution in [2.24, 2.45) is 0 Å². The molecule has 2 heteroatoms. The molecule has 0 aliphatic rings. The Morgan fingerprint density at radius 3 is 2.00 bits per heavy atom. The lowest BCUT2D eigenvalue weighted by atomic mass is 10.4. The molecular weight excluding hydrogens is 156 g/mol. The summed E-state index contributed by atoms with van der Waals surface area (Å²) >= 11 is 4.22. The van der Waals surface area contributed by atoms with Crippen LogP contribution >= 0.6 is 12.6 Å². The number of hydrogen-bond donors (Lipinski definition) is 1. The second kappa shape index (κ2) is 3.26. The summed E-state index contributed by atoms with van der Waals surface area (Å²) in [5.41, 5.74) is 0. The number of benzene rings is 1. The minimum absolute atomic E-state index is 0.583. The fourth-order valence-electron chi connectivity index (χ4n) is 0.859. The third-order valence-electron chi connectivity index (χ3n) is 1.56. The van der Waals surface area contributed by atoms with Crippen LogP contribution in [-0.2, 0) is 0 Å². The Kier molecular flexibility index (Phi) is 2.57. The molecule has 0 aromatic heterocycles. The van der Waals surface area contributed by atoms with Gasteiger partial charge < -0.3 is 0 Å². The Morgan fingerprint density at radius 2 is 1.60 bits per heavy atom. The average Bonchev–Trinajstić information content (AvgIpc) is 1.88. The third kappa shape index (κ3) is 1.89. The van der Waals surface area contributed by atoms with Crippen LogP contribution in [0, 0.1) is 0 Å². The first-order valence-electron chi connectivity index (χ1n) is 3.49. The highest BCUT2D eigenvalue weighted by molar-refractivity contribution is 7.80. The summed E-state index contributed by atoms with van der Waals surface area (Å²) in [6.07, 6.45) is 0. The molecule has 0 atom stereocenters. The van der Waals surface area contributed by atoms with Crippen molar-refractivity contribution in [1.29, 1.82) is 0 Å². The maximum atomic E-state index is 4.22. The second-order valence-electron chi connectivity index (χ2n) is 2.75. The van der Waals surface area contributed by atoms with Crippen molar-refractivity contribution in [3.63, 3.8) is 0 Å². The quantitative estimate of drug-likeness (QED) is 0.478. The molecular formula is C8H12SSi. The maximum absolute atomic E-state index is 4.22. The summed E-state index contributed by atoms with van der Waals surface area (Å²) in [7, 11) is -0.583. The van der Waals surface area contributed by atoms with Crippen molar-refractivity contribution in [3.8, 4) is 0 Å². The van der Waals surface area contributed by atoms with Crippen LogP contribution in [0.25, 0.3) is 0 Å². The van der Waals surface area contributed by atoms with Gasteiger partial charge in [-0.1, -0.05) is 30.4 Å². The minimum Gasteiger partial charge on any atom is -0.143 e. The van der Waals surface area contributed by atoms with Crippen LogP contribution in [0.3, 0.4) is 0 Å². The van der Waals surface area contributed by atoms with Crippen molar-refractivity contribution in [1.82, 2.24) is 0 Å². The zero-order chi connectivity index (χ0) is 7.56. The highest BCUT2D eigenvalue weighted by Crippen LogP contribution is 2.01. The first-order valence-corrected chi connectivity index (χ1v) is 6.82. The van der Waals surface area contributed by atoms with Crippen LogP contribution in [0.1, 0.15) is 0 Å². The Bertz CT molecular complexity index is 203. The molecule has 0 heterocycles. The summed E-state index contributed by atoms with van der Waals surface area (Å²) in [5.74, 6) is 0. The van der Waals surface area contributed by atoms with E-state index in [1.54, 1.807) is 0 Å². The van der Waals surface area contributed by atoms with Gasteiger partial charge in [-0.25, -0.2) is 0 Å². The van der Waals surface area contributed by atoms with Crippen molar-refractivity contribution in [2.75, 3.05) is 0 Å². The maximum Gasteiger partial charge on any atom is 0.0647 e. The predicted molar refractivity (Wildman–Crippen MR) is 52.2 cm³/mol. The van der Waals surface area contributed by atoms with Crippen LogP contribution < -0.4 is 5.19 Å². The largest absolute Gasteiger partial charge is 0.143 e. The van der Waals surface area contributed by atoms with Crippen LogP contribution in [0.4, 0.5) is 0 Å². The van der Waals surface area contributed by atoms with E-state index in [9.17, 15) is 0 Å². The number of thiol groups is 1. The molecule has 54 valence electrons. The highest BCUT2D eigenvalue weighted by atomic mass is 32.1. The molecule has 0 bridgehead atoms. The molecule has 0 saturated carbocycles. The van der Waals surface area contributed by atoms with Crippen LogP contribution in [-0.4, -0.2) is 8.80 Å². The molecule has 0 spiro atoms. The molecule has 1 aromatic carbocycles. The first kappa shape index (κ1) is 7.89. The fraction of sp³-hybridized carbons (Fsp3) is 0.250. The number of hydrogen-bond acceptors (Lipinski definition) is 1. The molecule has 1 rings (SSSR count). The van der Waals surface area contributed by atoms with Gasteiger partial charge in [-0.15, -0.1) is 12.6 Å². The summed E-state index contributed by atoms with van der Waals surface area (Å²) in [4.78, 5) is 1.05. The van der Waals surface area contributed by atoms with Crippen LogP contribution in [0.2, 0.25) is 13.1 Å². The zero-order valence-electron chi connectivity index (χ0n) is 6.33. The second-order valence-corrected chi connectivity index (χ2v) is 6.24. The summed E-state index contributed by atoms with van der Waals surface area (Å²) in [6.45, 7) is 4.65. The molecule has 0 N–H and O–H groups in total. The van der Waals surface area contributed by atoms with Gasteiger partial charge in [-0.2, -0.15) is 0 Å². The van der Waals surface area contributed by atoms with E-state index >= 15 is 0 Å². The summed E-state index contributed by atoms with van der Waals surface area (Å²) in [5, 5.41) is 1.51. The third-order valence-corrected chi connectivity index (χ3v) is 3.58. The van der Waals surface area contributed by atoms with Gasteiger partial charge in [0.2, 0.25) is 0 Å². The molecule has 0 fully saturated rings. The zero-order valence-corrected chi connectivity index (χ0v) is 8.38. The van der Waals surface area contributed by atoms with E-state index in [1.165, 1.54) is 5.19 Å². The van der Waals surface area contributed by atoms with E-state index in [0.717, 1.165) is 4.90 Å². The van der Waals surface area contributed by atoms with Crippen molar-refractivity contribution < 1.29 is 0 Å². The van der Waals surface area contributed by atoms with E-state index in [2.05, 4.69) is 50.0 Å². The number of rotatable bonds is 1. The van der Waals surface area contributed by atoms with Crippen molar-refractivity contribution >= 4 is 26.6 Å². The monoisotopic (exact) mass is 168 g/mol. The molecule has 0 aliphatic carbocycles. The van der Waals surface area contributed by atoms with Gasteiger partial charge in [0.25, 0.3) is 0 Å². The lowest BCUT2D eigenvalue weighted by Crippen LogP contribution is -2.21. The van der Waals surface area contributed by atoms with Gasteiger partial charge in [-0.05, 0) is 12.1 Å². The smallest absolute Gasteiger partial charge is 0.0647 e. The molecule has 0 saturated heterocycles. The first-order chi connectivity index (χ1) is 4.70. The predicted octanol–water partition coefficient (Wildman–Crippen LogP) is 1.67. The Labute approximate surface area is 69.3 Å². The summed E-state index contributed by atoms with van der Waals surface area (Å²) in [6, 6.07) is 8.48. The molecule has 1 aromatic rings. The van der Waals surface area contributed by atoms with E-state index in [1.807, 2.05) is 0 Å². The molecule has 0 aliphatic heterocycles. The summed E-state index contributed by atoms with van der Waals surface area (Å²) < 4.78 is 0. The Morgan fingerprint density at radius 1 is 1.10 bits per heavy atom. The minimum atomic E-state index is -0.583. The molecule has 10 heavy (non-hydrogen) atoms. The van der Waals surface area contributed by atoms with Crippen molar-refractivity contribution in [3.05, 3.63) is 24.3 Å². The fourth-order valence-corrected chi connectivity index (χ4v) is 1.97. The Hall–Kier alpha value is -0.213. The topological polar surface area (TPSA) is 0 Å². The van der Waals surface area contributed by atoms with E-state index in [4.69, 9.17) is 0 Å². The van der Waals surface area contributed by atoms with Crippen molar-refractivity contribution in [2.45, 2.75) is 18.0 Å². The normalized spacial score (nSPS) is 10.4. The van der Waals surface area contributed by atoms with Gasteiger partial charge in [0.05, 0.1) is 8.80 Å². The Balaban J connectivity index is 2.89. The van der Waals surface area contributed by atoms with Crippen LogP contribution in [0.15, 0.2) is 29.2 Å². The highest BCUT2D eigenvalue weighted by Gasteiger charge is 1.97. The van der Waals surface area contributed by atoms with E-state index in [-0.39, 0.29) is 0 Å². The molecule has 0 unspecified atom stereocenters. The lowest BCUT2D eigenvalue weighted by molar-refractivity contribution is 1.50. The van der Waals surface area contributed by atoms with Gasteiger partial charge >= 0.3 is 0 Å². The standard InChI is InChI=1S/C8H12SSi/c1-10(2)8-5-3-7(9)4-6-8/h3-6,9-10H,1-2H3. The SMILES string of the molecule is C[SiH](C)c1ccc(S)cc1. The van der Waals surface area contributed by atoms with E-state index < -0.39 is 8.80 Å². The van der Waals surface area contributed by atoms with E-state index in [0.29, 0.717) is 0 Å². The van der Waals surface area contributed by atoms with Gasteiger partial charge in [0.15, 0.2) is 0 Å².